The van der Waals surface area contributed by atoms with E-state index >= 15 is 0 Å². The quantitative estimate of drug-likeness (QED) is 0.291. The number of carbonyl (C=O) groups is 2. The number of nitrogens with zero attached hydrogens (tertiary/aromatic N) is 1. The van der Waals surface area contributed by atoms with Crippen LogP contribution in [0.4, 0.5) is 10.5 Å². The number of aliphatic imine (C=N–C) groups is 1. The van der Waals surface area contributed by atoms with E-state index in [-0.39, 0.29) is 11.7 Å². The van der Waals surface area contributed by atoms with Gasteiger partial charge in [0.1, 0.15) is 5.60 Å². The first-order valence-corrected chi connectivity index (χ1v) is 10.1. The molecule has 9 nitrogen and oxygen atoms in total. The van der Waals surface area contributed by atoms with Crippen molar-refractivity contribution in [2.24, 2.45) is 4.99 Å². The number of hydrogen-bond acceptors (Lipinski definition) is 5. The third-order valence-electron chi connectivity index (χ3n) is 3.98. The number of anilines is 1. The largest absolute Gasteiger partial charge is 0.459 e. The normalized spacial score (nSPS) is 11.5. The van der Waals surface area contributed by atoms with Gasteiger partial charge in [0.15, 0.2) is 11.7 Å². The molecule has 168 valence electrons. The van der Waals surface area contributed by atoms with Gasteiger partial charge in [0, 0.05) is 32.4 Å². The van der Waals surface area contributed by atoms with E-state index in [1.807, 2.05) is 45.0 Å². The van der Waals surface area contributed by atoms with Gasteiger partial charge in [-0.2, -0.15) is 0 Å². The summed E-state index contributed by atoms with van der Waals surface area (Å²) in [6.07, 6.45) is 1.77. The van der Waals surface area contributed by atoms with E-state index in [2.05, 4.69) is 26.3 Å². The summed E-state index contributed by atoms with van der Waals surface area (Å²) >= 11 is 0. The van der Waals surface area contributed by atoms with Gasteiger partial charge in [0.05, 0.1) is 6.26 Å². The summed E-state index contributed by atoms with van der Waals surface area (Å²) in [5.41, 5.74) is 1.26. The molecule has 1 aromatic carbocycles. The fourth-order valence-electron chi connectivity index (χ4n) is 2.57. The fraction of sp³-hybridized carbons (Fsp3) is 0.409. The number of nitrogens with one attached hydrogen (secondary N) is 4. The van der Waals surface area contributed by atoms with Gasteiger partial charge < -0.3 is 25.1 Å². The summed E-state index contributed by atoms with van der Waals surface area (Å²) in [6.45, 7) is 7.11. The highest BCUT2D eigenvalue weighted by Gasteiger charge is 2.16. The predicted octanol–water partition coefficient (Wildman–Crippen LogP) is 2.76. The molecule has 0 saturated heterocycles. The van der Waals surface area contributed by atoms with Crippen LogP contribution in [0.5, 0.6) is 0 Å². The van der Waals surface area contributed by atoms with Crippen LogP contribution in [0.1, 0.15) is 36.9 Å². The number of hydrogen-bond donors (Lipinski definition) is 4. The van der Waals surface area contributed by atoms with E-state index in [1.165, 1.54) is 6.26 Å². The number of carbonyl (C=O) groups excluding carboxylic acids is 2. The zero-order chi connectivity index (χ0) is 22.7. The van der Waals surface area contributed by atoms with E-state index in [1.54, 1.807) is 19.2 Å². The average Bonchev–Trinajstić information content (AvgIpc) is 3.24. The molecular formula is C22H31N5O4. The number of guanidine groups is 1. The minimum atomic E-state index is -0.534. The number of furan rings is 1. The number of amides is 2. The average molecular weight is 430 g/mol. The number of ether oxygens (including phenoxy) is 1. The number of rotatable bonds is 8. The van der Waals surface area contributed by atoms with Crippen LogP contribution in [0.3, 0.4) is 0 Å². The van der Waals surface area contributed by atoms with Gasteiger partial charge in [-0.15, -0.1) is 0 Å². The van der Waals surface area contributed by atoms with E-state index in [9.17, 15) is 9.59 Å². The molecule has 2 amide bonds. The molecule has 9 heteroatoms. The molecule has 4 N–H and O–H groups in total. The third-order valence-corrected chi connectivity index (χ3v) is 3.98. The van der Waals surface area contributed by atoms with Crippen molar-refractivity contribution in [2.75, 3.05) is 32.0 Å². The van der Waals surface area contributed by atoms with Gasteiger partial charge >= 0.3 is 6.09 Å². The molecule has 0 aliphatic heterocycles. The fourth-order valence-corrected chi connectivity index (χ4v) is 2.57. The van der Waals surface area contributed by atoms with Crippen LogP contribution in [-0.2, 0) is 11.2 Å². The van der Waals surface area contributed by atoms with Gasteiger partial charge in [-0.3, -0.25) is 15.1 Å². The Hall–Kier alpha value is -3.49. The van der Waals surface area contributed by atoms with Crippen LogP contribution in [0.15, 0.2) is 52.1 Å². The lowest BCUT2D eigenvalue weighted by molar-refractivity contribution is 0.0635. The van der Waals surface area contributed by atoms with Crippen LogP contribution >= 0.6 is 0 Å². The Balaban J connectivity index is 1.65. The van der Waals surface area contributed by atoms with Gasteiger partial charge in [-0.1, -0.05) is 12.1 Å². The van der Waals surface area contributed by atoms with Crippen molar-refractivity contribution in [3.8, 4) is 0 Å². The highest BCUT2D eigenvalue weighted by atomic mass is 16.6. The SMILES string of the molecule is CN=C(NCCNC(=O)c1ccco1)NCCc1ccc(NC(=O)OC(C)(C)C)cc1. The van der Waals surface area contributed by atoms with Crippen molar-refractivity contribution in [1.82, 2.24) is 16.0 Å². The lowest BCUT2D eigenvalue weighted by Gasteiger charge is -2.19. The first kappa shape index (κ1) is 23.8. The Morgan fingerprint density at radius 3 is 2.29 bits per heavy atom. The topological polar surface area (TPSA) is 117 Å². The second-order valence-electron chi connectivity index (χ2n) is 7.73. The molecule has 0 saturated carbocycles. The number of benzene rings is 1. The first-order valence-electron chi connectivity index (χ1n) is 10.1. The Morgan fingerprint density at radius 1 is 1.00 bits per heavy atom. The summed E-state index contributed by atoms with van der Waals surface area (Å²) in [5.74, 6) is 0.685. The zero-order valence-corrected chi connectivity index (χ0v) is 18.5. The van der Waals surface area contributed by atoms with Crippen molar-refractivity contribution in [3.05, 3.63) is 54.0 Å². The minimum absolute atomic E-state index is 0.251. The van der Waals surface area contributed by atoms with Crippen molar-refractivity contribution < 1.29 is 18.7 Å². The highest BCUT2D eigenvalue weighted by molar-refractivity contribution is 5.91. The van der Waals surface area contributed by atoms with E-state index in [0.717, 1.165) is 12.0 Å². The molecule has 0 spiro atoms. The molecule has 0 atom stereocenters. The van der Waals surface area contributed by atoms with Gasteiger partial charge in [0.25, 0.3) is 5.91 Å². The van der Waals surface area contributed by atoms with Crippen molar-refractivity contribution >= 4 is 23.6 Å². The molecule has 1 heterocycles. The molecule has 0 aliphatic carbocycles. The third kappa shape index (κ3) is 9.24. The Morgan fingerprint density at radius 2 is 1.68 bits per heavy atom. The molecule has 0 unspecified atom stereocenters. The monoisotopic (exact) mass is 429 g/mol. The maximum atomic E-state index is 11.8. The first-order chi connectivity index (χ1) is 14.8. The molecular weight excluding hydrogens is 398 g/mol. The molecule has 2 aromatic rings. The molecule has 2 rings (SSSR count). The van der Waals surface area contributed by atoms with E-state index in [0.29, 0.717) is 31.3 Å². The van der Waals surface area contributed by atoms with Crippen LogP contribution in [0.25, 0.3) is 0 Å². The standard InChI is InChI=1S/C22H31N5O4/c1-22(2,3)31-21(29)27-17-9-7-16(8-10-17)11-12-25-20(23-4)26-14-13-24-19(28)18-6-5-15-30-18/h5-10,15H,11-14H2,1-4H3,(H,24,28)(H,27,29)(H2,23,25,26). The van der Waals surface area contributed by atoms with Gasteiger partial charge in [-0.05, 0) is 57.0 Å². The molecule has 0 fully saturated rings. The second-order valence-corrected chi connectivity index (χ2v) is 7.73. The Kier molecular flexibility index (Phi) is 8.93. The zero-order valence-electron chi connectivity index (χ0n) is 18.5. The molecule has 0 aliphatic rings. The summed E-state index contributed by atoms with van der Waals surface area (Å²) in [7, 11) is 1.69. The smallest absolute Gasteiger partial charge is 0.412 e. The molecule has 0 bridgehead atoms. The Bertz CT molecular complexity index is 855. The van der Waals surface area contributed by atoms with Gasteiger partial charge in [0.2, 0.25) is 0 Å². The van der Waals surface area contributed by atoms with Gasteiger partial charge in [-0.25, -0.2) is 4.79 Å². The minimum Gasteiger partial charge on any atom is -0.459 e. The molecule has 0 radical (unpaired) electrons. The van der Waals surface area contributed by atoms with Crippen LogP contribution in [0, 0.1) is 0 Å². The van der Waals surface area contributed by atoms with Crippen LogP contribution in [-0.4, -0.2) is 50.2 Å². The summed E-state index contributed by atoms with van der Waals surface area (Å²) < 4.78 is 10.3. The van der Waals surface area contributed by atoms with Crippen molar-refractivity contribution in [3.63, 3.8) is 0 Å². The summed E-state index contributed by atoms with van der Waals surface area (Å²) in [4.78, 5) is 27.8. The van der Waals surface area contributed by atoms with E-state index < -0.39 is 11.7 Å². The highest BCUT2D eigenvalue weighted by Crippen LogP contribution is 2.13. The van der Waals surface area contributed by atoms with Crippen molar-refractivity contribution in [2.45, 2.75) is 32.8 Å². The van der Waals surface area contributed by atoms with Crippen LogP contribution in [0.2, 0.25) is 0 Å². The second kappa shape index (κ2) is 11.6. The maximum Gasteiger partial charge on any atom is 0.412 e. The predicted molar refractivity (Wildman–Crippen MR) is 120 cm³/mol. The van der Waals surface area contributed by atoms with E-state index in [4.69, 9.17) is 9.15 Å². The van der Waals surface area contributed by atoms with Crippen molar-refractivity contribution in [1.29, 1.82) is 0 Å². The van der Waals surface area contributed by atoms with Crippen LogP contribution < -0.4 is 21.3 Å². The summed E-state index contributed by atoms with van der Waals surface area (Å²) in [6, 6.07) is 10.9. The Labute approximate surface area is 182 Å². The molecule has 1 aromatic heterocycles. The maximum absolute atomic E-state index is 11.8. The molecule has 31 heavy (non-hydrogen) atoms. The lowest BCUT2D eigenvalue weighted by atomic mass is 10.1. The summed E-state index contributed by atoms with van der Waals surface area (Å²) in [5, 5.41) is 11.8. The lowest BCUT2D eigenvalue weighted by Crippen LogP contribution is -2.42.